The van der Waals surface area contributed by atoms with Crippen molar-refractivity contribution in [1.29, 1.82) is 0 Å². The second-order valence-corrected chi connectivity index (χ2v) is 10.7. The van der Waals surface area contributed by atoms with Gasteiger partial charge in [0.15, 0.2) is 5.17 Å². The molecule has 3 aliphatic heterocycles. The molecule has 1 aromatic carbocycles. The number of amides is 1. The summed E-state index contributed by atoms with van der Waals surface area (Å²) in [5.41, 5.74) is 2.57. The standard InChI is InChI=1S/C21H23N5O3S2/c27-20(23-16-6-9-25(10-7-16)14-17-3-1-2-8-22-17)15-4-5-18-19(13-15)30-21-24-31(28,29)12-11-26(18)21/h1-5,8,13,16H,6-7,9-12,14H2,(H,23,27). The van der Waals surface area contributed by atoms with E-state index in [0.717, 1.165) is 48.8 Å². The molecule has 0 bridgehead atoms. The number of hydrogen-bond acceptors (Lipinski definition) is 7. The molecule has 162 valence electrons. The quantitative estimate of drug-likeness (QED) is 0.751. The third-order valence-corrected chi connectivity index (χ3v) is 8.08. The van der Waals surface area contributed by atoms with E-state index in [1.54, 1.807) is 6.07 Å². The number of sulfonamides is 1. The van der Waals surface area contributed by atoms with E-state index in [1.807, 2.05) is 41.4 Å². The van der Waals surface area contributed by atoms with Gasteiger partial charge < -0.3 is 10.2 Å². The lowest BCUT2D eigenvalue weighted by atomic mass is 10.0. The molecular weight excluding hydrogens is 434 g/mol. The van der Waals surface area contributed by atoms with E-state index < -0.39 is 10.0 Å². The van der Waals surface area contributed by atoms with Crippen molar-refractivity contribution >= 4 is 38.5 Å². The molecule has 0 aliphatic carbocycles. The number of hydrogen-bond donors (Lipinski definition) is 1. The van der Waals surface area contributed by atoms with Crippen molar-refractivity contribution in [1.82, 2.24) is 15.2 Å². The monoisotopic (exact) mass is 457 g/mol. The van der Waals surface area contributed by atoms with Crippen LogP contribution in [0.2, 0.25) is 0 Å². The smallest absolute Gasteiger partial charge is 0.257 e. The molecule has 10 heteroatoms. The zero-order valence-electron chi connectivity index (χ0n) is 16.9. The number of rotatable bonds is 4. The molecule has 8 nitrogen and oxygen atoms in total. The molecule has 0 spiro atoms. The van der Waals surface area contributed by atoms with Crippen molar-refractivity contribution in [3.8, 4) is 0 Å². The number of nitrogens with one attached hydrogen (secondary N) is 1. The number of carbonyl (C=O) groups excluding carboxylic acids is 1. The lowest BCUT2D eigenvalue weighted by Crippen LogP contribution is -2.44. The van der Waals surface area contributed by atoms with Crippen LogP contribution in [0.4, 0.5) is 5.69 Å². The predicted octanol–water partition coefficient (Wildman–Crippen LogP) is 2.09. The van der Waals surface area contributed by atoms with Crippen LogP contribution in [0.15, 0.2) is 51.9 Å². The minimum Gasteiger partial charge on any atom is -0.349 e. The molecule has 3 aliphatic rings. The highest BCUT2D eigenvalue weighted by Crippen LogP contribution is 2.42. The SMILES string of the molecule is O=C(NC1CCN(Cc2ccccn2)CC1)c1ccc2c(c1)SC1=NS(=O)(=O)CCN12. The number of nitrogens with zero attached hydrogens (tertiary/aromatic N) is 4. The van der Waals surface area contributed by atoms with Crippen molar-refractivity contribution < 1.29 is 13.2 Å². The molecule has 0 radical (unpaired) electrons. The Balaban J connectivity index is 1.19. The average molecular weight is 458 g/mol. The number of benzene rings is 1. The number of pyridine rings is 1. The maximum atomic E-state index is 12.8. The number of anilines is 1. The van der Waals surface area contributed by atoms with Crippen LogP contribution >= 0.6 is 11.8 Å². The van der Waals surface area contributed by atoms with Crippen molar-refractivity contribution in [2.24, 2.45) is 4.40 Å². The van der Waals surface area contributed by atoms with Gasteiger partial charge in [0.2, 0.25) is 0 Å². The highest BCUT2D eigenvalue weighted by molar-refractivity contribution is 8.15. The van der Waals surface area contributed by atoms with Crippen LogP contribution in [0, 0.1) is 0 Å². The van der Waals surface area contributed by atoms with E-state index in [1.165, 1.54) is 11.8 Å². The Bertz CT molecular complexity index is 1130. The van der Waals surface area contributed by atoms with Crippen LogP contribution in [-0.4, -0.2) is 60.8 Å². The Morgan fingerprint density at radius 3 is 2.77 bits per heavy atom. The van der Waals surface area contributed by atoms with Gasteiger partial charge in [0, 0.05) is 48.9 Å². The van der Waals surface area contributed by atoms with Crippen LogP contribution in [0.5, 0.6) is 0 Å². The first-order valence-electron chi connectivity index (χ1n) is 10.3. The summed E-state index contributed by atoms with van der Waals surface area (Å²) in [6.07, 6.45) is 3.62. The van der Waals surface area contributed by atoms with Gasteiger partial charge in [0.25, 0.3) is 15.9 Å². The maximum absolute atomic E-state index is 12.8. The first-order chi connectivity index (χ1) is 15.0. The van der Waals surface area contributed by atoms with Gasteiger partial charge >= 0.3 is 0 Å². The molecule has 0 unspecified atom stereocenters. The molecule has 0 atom stereocenters. The van der Waals surface area contributed by atoms with Crippen molar-refractivity contribution in [3.63, 3.8) is 0 Å². The van der Waals surface area contributed by atoms with Gasteiger partial charge in [-0.15, -0.1) is 4.40 Å². The van der Waals surface area contributed by atoms with Gasteiger partial charge in [0.1, 0.15) is 0 Å². The molecule has 1 saturated heterocycles. The lowest BCUT2D eigenvalue weighted by Gasteiger charge is -2.32. The van der Waals surface area contributed by atoms with Crippen molar-refractivity contribution in [2.75, 3.05) is 30.3 Å². The Labute approximate surface area is 185 Å². The molecule has 0 saturated carbocycles. The summed E-state index contributed by atoms with van der Waals surface area (Å²) in [6.45, 7) is 3.07. The van der Waals surface area contributed by atoms with E-state index >= 15 is 0 Å². The Kier molecular flexibility index (Phi) is 5.45. The summed E-state index contributed by atoms with van der Waals surface area (Å²) < 4.78 is 27.4. The average Bonchev–Trinajstić information content (AvgIpc) is 3.11. The van der Waals surface area contributed by atoms with Crippen molar-refractivity contribution in [3.05, 3.63) is 53.9 Å². The summed E-state index contributed by atoms with van der Waals surface area (Å²) in [6, 6.07) is 11.6. The molecule has 5 rings (SSSR count). The molecule has 4 heterocycles. The molecule has 1 aromatic heterocycles. The number of amidine groups is 1. The Hall–Kier alpha value is -2.43. The van der Waals surface area contributed by atoms with Gasteiger partial charge in [-0.2, -0.15) is 0 Å². The number of aromatic nitrogens is 1. The number of thioether (sulfide) groups is 1. The molecule has 1 amide bonds. The normalized spacial score (nSPS) is 20.6. The third-order valence-electron chi connectivity index (χ3n) is 5.77. The largest absolute Gasteiger partial charge is 0.349 e. The summed E-state index contributed by atoms with van der Waals surface area (Å²) in [5.74, 6) is -0.0800. The highest BCUT2D eigenvalue weighted by Gasteiger charge is 2.33. The summed E-state index contributed by atoms with van der Waals surface area (Å²) in [5, 5.41) is 3.63. The number of fused-ring (bicyclic) bond motifs is 3. The number of likely N-dealkylation sites (tertiary alicyclic amines) is 1. The first kappa shape index (κ1) is 20.5. The van der Waals surface area contributed by atoms with E-state index in [9.17, 15) is 13.2 Å². The zero-order chi connectivity index (χ0) is 21.4. The number of carbonyl (C=O) groups is 1. The minimum atomic E-state index is -3.39. The van der Waals surface area contributed by atoms with Gasteiger partial charge in [-0.3, -0.25) is 14.7 Å². The predicted molar refractivity (Wildman–Crippen MR) is 121 cm³/mol. The second kappa shape index (κ2) is 8.25. The van der Waals surface area contributed by atoms with E-state index in [2.05, 4.69) is 19.6 Å². The van der Waals surface area contributed by atoms with Crippen LogP contribution in [-0.2, 0) is 16.6 Å². The summed E-state index contributed by atoms with van der Waals surface area (Å²) in [7, 11) is -3.39. The second-order valence-electron chi connectivity index (χ2n) is 7.94. The molecule has 2 aromatic rings. The zero-order valence-corrected chi connectivity index (χ0v) is 18.5. The highest BCUT2D eigenvalue weighted by atomic mass is 32.2. The molecule has 1 N–H and O–H groups in total. The van der Waals surface area contributed by atoms with Crippen molar-refractivity contribution in [2.45, 2.75) is 30.3 Å². The van der Waals surface area contributed by atoms with E-state index in [-0.39, 0.29) is 17.7 Å². The van der Waals surface area contributed by atoms with Gasteiger partial charge in [-0.25, -0.2) is 8.42 Å². The fraction of sp³-hybridized carbons (Fsp3) is 0.381. The fourth-order valence-electron chi connectivity index (χ4n) is 4.10. The topological polar surface area (TPSA) is 95.0 Å². The van der Waals surface area contributed by atoms with Gasteiger partial charge in [-0.1, -0.05) is 6.07 Å². The summed E-state index contributed by atoms with van der Waals surface area (Å²) in [4.78, 5) is 22.3. The van der Waals surface area contributed by atoms with Crippen LogP contribution < -0.4 is 10.2 Å². The Morgan fingerprint density at radius 2 is 2.00 bits per heavy atom. The third kappa shape index (κ3) is 4.46. The maximum Gasteiger partial charge on any atom is 0.257 e. The Morgan fingerprint density at radius 1 is 1.16 bits per heavy atom. The molecule has 31 heavy (non-hydrogen) atoms. The van der Waals surface area contributed by atoms with Crippen LogP contribution in [0.25, 0.3) is 0 Å². The van der Waals surface area contributed by atoms with Gasteiger partial charge in [0.05, 0.1) is 17.1 Å². The number of piperidine rings is 1. The first-order valence-corrected chi connectivity index (χ1v) is 12.7. The molecule has 1 fully saturated rings. The summed E-state index contributed by atoms with van der Waals surface area (Å²) >= 11 is 1.31. The van der Waals surface area contributed by atoms with Gasteiger partial charge in [-0.05, 0) is 54.9 Å². The minimum absolute atomic E-state index is 0.0117. The molecular formula is C21H23N5O3S2. The van der Waals surface area contributed by atoms with E-state index in [4.69, 9.17) is 0 Å². The lowest BCUT2D eigenvalue weighted by molar-refractivity contribution is 0.0908. The van der Waals surface area contributed by atoms with Crippen LogP contribution in [0.1, 0.15) is 28.9 Å². The van der Waals surface area contributed by atoms with E-state index in [0.29, 0.717) is 17.3 Å². The van der Waals surface area contributed by atoms with Crippen LogP contribution in [0.3, 0.4) is 0 Å². The fourth-order valence-corrected chi connectivity index (χ4v) is 6.39.